The largest absolute Gasteiger partial charge is 0.444 e. The molecule has 16 heteroatoms. The number of likely N-dealkylation sites (tertiary alicyclic amines) is 1. The number of hydrogen-bond acceptors (Lipinski definition) is 8. The molecule has 0 spiro atoms. The monoisotopic (exact) mass is 715 g/mol. The number of nitrogens with one attached hydrogen (secondary N) is 2. The van der Waals surface area contributed by atoms with E-state index in [9.17, 15) is 46.2 Å². The molecule has 1 saturated heterocycles. The topological polar surface area (TPSA) is 162 Å². The summed E-state index contributed by atoms with van der Waals surface area (Å²) >= 11 is 6.29. The van der Waals surface area contributed by atoms with Crippen LogP contribution >= 0.6 is 11.6 Å². The van der Waals surface area contributed by atoms with Crippen molar-refractivity contribution in [2.45, 2.75) is 86.4 Å². The van der Waals surface area contributed by atoms with Gasteiger partial charge < -0.3 is 25.6 Å². The summed E-state index contributed by atoms with van der Waals surface area (Å²) in [6.07, 6.45) is -0.682. The third kappa shape index (κ3) is 7.00. The van der Waals surface area contributed by atoms with Gasteiger partial charge in [-0.25, -0.2) is 26.4 Å². The van der Waals surface area contributed by atoms with Crippen LogP contribution in [0.4, 0.5) is 23.7 Å². The number of hydrogen-bond donors (Lipinski definition) is 4. The second kappa shape index (κ2) is 13.1. The first-order valence-electron chi connectivity index (χ1n) is 15.5. The summed E-state index contributed by atoms with van der Waals surface area (Å²) < 4.78 is 73.7. The zero-order valence-corrected chi connectivity index (χ0v) is 28.0. The standard InChI is InChI=1S/C32H37ClF3N3O8S/c1-31(2,3)47-30(43)39-9-8-24(40)27(39)29(42)37-15-32(44)17-5-6-18(32)12-20(11-17)48(45,46)25-10-16(4-7-21(25)33)28(41)38-19-13-22(34)26(36)23(35)14-19/h4,7,10,13-14,17-18,20,24,27,40,44H,5-6,8-9,11-12,15H2,1-3H3,(H,37,42)(H,38,41)/t17?,18?,20?,24-,27-,32?/m0/s1. The molecular weight excluding hydrogens is 679 g/mol. The number of carbonyl (C=O) groups is 3. The van der Waals surface area contributed by atoms with Gasteiger partial charge in [-0.2, -0.15) is 0 Å². The molecule has 4 atom stereocenters. The van der Waals surface area contributed by atoms with Crippen molar-refractivity contribution < 1.29 is 50.9 Å². The van der Waals surface area contributed by atoms with Crippen molar-refractivity contribution in [3.8, 4) is 0 Å². The van der Waals surface area contributed by atoms with Crippen molar-refractivity contribution in [2.75, 3.05) is 18.4 Å². The maximum atomic E-state index is 13.9. The quantitative estimate of drug-likeness (QED) is 0.311. The molecule has 3 aliphatic rings. The molecule has 11 nitrogen and oxygen atoms in total. The average molecular weight is 716 g/mol. The van der Waals surface area contributed by atoms with Crippen molar-refractivity contribution in [1.29, 1.82) is 0 Å². The number of halogens is 4. The number of benzene rings is 2. The van der Waals surface area contributed by atoms with Crippen molar-refractivity contribution in [3.63, 3.8) is 0 Å². The van der Waals surface area contributed by atoms with Gasteiger partial charge >= 0.3 is 6.09 Å². The minimum Gasteiger partial charge on any atom is -0.444 e. The molecular formula is C32H37ClF3N3O8S. The van der Waals surface area contributed by atoms with Gasteiger partial charge in [-0.15, -0.1) is 0 Å². The number of fused-ring (bicyclic) bond motifs is 2. The molecule has 1 heterocycles. The number of rotatable bonds is 7. The Morgan fingerprint density at radius 3 is 2.23 bits per heavy atom. The molecule has 0 aromatic heterocycles. The lowest BCUT2D eigenvalue weighted by Gasteiger charge is -2.43. The lowest BCUT2D eigenvalue weighted by molar-refractivity contribution is -0.131. The summed E-state index contributed by atoms with van der Waals surface area (Å²) in [5.41, 5.74) is -2.84. The molecule has 2 unspecified atom stereocenters. The zero-order valence-electron chi connectivity index (χ0n) is 26.4. The van der Waals surface area contributed by atoms with Crippen molar-refractivity contribution in [1.82, 2.24) is 10.2 Å². The van der Waals surface area contributed by atoms with E-state index in [4.69, 9.17) is 16.3 Å². The number of aliphatic hydroxyl groups is 2. The van der Waals surface area contributed by atoms with Crippen LogP contribution < -0.4 is 10.6 Å². The maximum Gasteiger partial charge on any atom is 0.411 e. The Bertz CT molecular complexity index is 1700. The molecule has 48 heavy (non-hydrogen) atoms. The summed E-state index contributed by atoms with van der Waals surface area (Å²) in [4.78, 5) is 39.6. The molecule has 262 valence electrons. The van der Waals surface area contributed by atoms with Gasteiger partial charge in [0.15, 0.2) is 27.3 Å². The van der Waals surface area contributed by atoms with Gasteiger partial charge in [0.05, 0.1) is 26.9 Å². The van der Waals surface area contributed by atoms with E-state index in [1.165, 1.54) is 12.1 Å². The van der Waals surface area contributed by atoms with Crippen LogP contribution in [0, 0.1) is 29.3 Å². The van der Waals surface area contributed by atoms with Crippen LogP contribution in [0.5, 0.6) is 0 Å². The Morgan fingerprint density at radius 1 is 1.04 bits per heavy atom. The predicted molar refractivity (Wildman–Crippen MR) is 167 cm³/mol. The highest BCUT2D eigenvalue weighted by molar-refractivity contribution is 7.92. The molecule has 3 amide bonds. The zero-order chi connectivity index (χ0) is 35.3. The number of aliphatic hydroxyl groups excluding tert-OH is 1. The van der Waals surface area contributed by atoms with Crippen LogP contribution in [0.1, 0.15) is 63.2 Å². The fourth-order valence-corrected chi connectivity index (χ4v) is 9.38. The predicted octanol–water partition coefficient (Wildman–Crippen LogP) is 4.19. The average Bonchev–Trinajstić information content (AvgIpc) is 3.41. The SMILES string of the molecule is CC(C)(C)OC(=O)N1CC[C@H](O)[C@H]1C(=O)NCC1(O)C2CCC1CC(S(=O)(=O)c1cc(C(=O)Nc3cc(F)c(F)c(F)c3)ccc1Cl)C2. The summed E-state index contributed by atoms with van der Waals surface area (Å²) in [5, 5.41) is 26.0. The van der Waals surface area contributed by atoms with Gasteiger partial charge in [0, 0.05) is 36.5 Å². The minimum absolute atomic E-state index is 0.0299. The van der Waals surface area contributed by atoms with E-state index in [1.807, 2.05) is 0 Å². The molecule has 2 aromatic rings. The van der Waals surface area contributed by atoms with Crippen LogP contribution in [0.2, 0.25) is 5.02 Å². The Hall–Kier alpha value is -3.40. The number of nitrogens with zero attached hydrogens (tertiary/aromatic N) is 1. The first-order chi connectivity index (χ1) is 22.3. The Morgan fingerprint density at radius 2 is 1.65 bits per heavy atom. The molecule has 4 N–H and O–H groups in total. The molecule has 2 saturated carbocycles. The minimum atomic E-state index is -4.17. The van der Waals surface area contributed by atoms with Gasteiger partial charge in [0.25, 0.3) is 5.91 Å². The first kappa shape index (κ1) is 35.9. The van der Waals surface area contributed by atoms with E-state index in [-0.39, 0.29) is 53.5 Å². The van der Waals surface area contributed by atoms with Crippen molar-refractivity contribution in [2.24, 2.45) is 11.8 Å². The second-order valence-corrected chi connectivity index (χ2v) is 16.3. The van der Waals surface area contributed by atoms with E-state index < -0.39 is 85.6 Å². The fourth-order valence-electron chi connectivity index (χ4n) is 6.98. The van der Waals surface area contributed by atoms with Crippen molar-refractivity contribution >= 4 is 45.0 Å². The number of sulfone groups is 1. The Balaban J connectivity index is 1.27. The first-order valence-corrected chi connectivity index (χ1v) is 17.4. The summed E-state index contributed by atoms with van der Waals surface area (Å²) in [6, 6.07) is 3.43. The van der Waals surface area contributed by atoms with Crippen LogP contribution in [-0.2, 0) is 19.4 Å². The van der Waals surface area contributed by atoms with Gasteiger partial charge in [-0.05, 0) is 82.9 Å². The third-order valence-corrected chi connectivity index (χ3v) is 12.0. The Labute approximate surface area is 280 Å². The van der Waals surface area contributed by atoms with E-state index in [0.717, 1.165) is 11.0 Å². The molecule has 2 aliphatic carbocycles. The molecule has 2 aromatic carbocycles. The smallest absolute Gasteiger partial charge is 0.411 e. The number of amides is 3. The normalized spacial score (nSPS) is 27.1. The van der Waals surface area contributed by atoms with Crippen LogP contribution in [0.3, 0.4) is 0 Å². The summed E-state index contributed by atoms with van der Waals surface area (Å²) in [5.74, 6) is -7.38. The van der Waals surface area contributed by atoms with Crippen molar-refractivity contribution in [3.05, 3.63) is 58.4 Å². The molecule has 5 rings (SSSR count). The second-order valence-electron chi connectivity index (χ2n) is 13.6. The summed E-state index contributed by atoms with van der Waals surface area (Å²) in [6.45, 7) is 4.92. The van der Waals surface area contributed by atoms with E-state index >= 15 is 0 Å². The van der Waals surface area contributed by atoms with E-state index in [2.05, 4.69) is 10.6 Å². The number of ether oxygens (including phenoxy) is 1. The fraction of sp³-hybridized carbons (Fsp3) is 0.531. The lowest BCUT2D eigenvalue weighted by atomic mass is 9.74. The lowest BCUT2D eigenvalue weighted by Crippen LogP contribution is -2.58. The summed E-state index contributed by atoms with van der Waals surface area (Å²) in [7, 11) is -4.17. The highest BCUT2D eigenvalue weighted by Gasteiger charge is 2.56. The van der Waals surface area contributed by atoms with Gasteiger partial charge in [-0.3, -0.25) is 14.5 Å². The van der Waals surface area contributed by atoms with Gasteiger partial charge in [0.2, 0.25) is 5.91 Å². The highest BCUT2D eigenvalue weighted by Crippen LogP contribution is 2.52. The molecule has 2 bridgehead atoms. The van der Waals surface area contributed by atoms with Gasteiger partial charge in [-0.1, -0.05) is 11.6 Å². The van der Waals surface area contributed by atoms with Crippen LogP contribution in [-0.4, -0.2) is 83.1 Å². The molecule has 0 radical (unpaired) electrons. The number of carbonyl (C=O) groups excluding carboxylic acids is 3. The molecule has 1 aliphatic heterocycles. The van der Waals surface area contributed by atoms with Crippen LogP contribution in [0.25, 0.3) is 0 Å². The number of anilines is 1. The third-order valence-electron chi connectivity index (χ3n) is 9.36. The van der Waals surface area contributed by atoms with E-state index in [1.54, 1.807) is 20.8 Å². The highest BCUT2D eigenvalue weighted by atomic mass is 35.5. The van der Waals surface area contributed by atoms with E-state index in [0.29, 0.717) is 25.0 Å². The van der Waals surface area contributed by atoms with Gasteiger partial charge in [0.1, 0.15) is 11.6 Å². The molecule has 3 fully saturated rings. The van der Waals surface area contributed by atoms with Crippen LogP contribution in [0.15, 0.2) is 35.2 Å². The maximum absolute atomic E-state index is 13.9. The Kier molecular flexibility index (Phi) is 9.83.